The van der Waals surface area contributed by atoms with Gasteiger partial charge in [-0.2, -0.15) is 0 Å². The third-order valence-electron chi connectivity index (χ3n) is 3.85. The van der Waals surface area contributed by atoms with E-state index in [4.69, 9.17) is 0 Å². The molecule has 1 aliphatic heterocycles. The zero-order valence-electron chi connectivity index (χ0n) is 8.56. The molecule has 0 nitrogen and oxygen atoms in total. The maximum atomic E-state index is 2.59. The maximum absolute atomic E-state index is 2.59. The molecule has 0 aliphatic carbocycles. The number of thiol groups is 1. The number of hydrogen-bond acceptors (Lipinski definition) is 0. The second-order valence-corrected chi connectivity index (χ2v) is 12.5. The van der Waals surface area contributed by atoms with Gasteiger partial charge in [0.05, 0.1) is 0 Å². The van der Waals surface area contributed by atoms with Crippen LogP contribution in [-0.4, -0.2) is 29.3 Å². The lowest BCUT2D eigenvalue weighted by atomic mass is 10.2. The van der Waals surface area contributed by atoms with E-state index in [1.165, 1.54) is 25.0 Å². The molecule has 0 aromatic rings. The highest BCUT2D eigenvalue weighted by Gasteiger charge is 2.52. The summed E-state index contributed by atoms with van der Waals surface area (Å²) in [4.78, 5) is 0. The standard InChI is InChI=1S/C10H24S/c1-5-7-8-10-9-11(10,3,4)6-2/h10-11H,5-9H2,1-4H3. The fourth-order valence-electron chi connectivity index (χ4n) is 2.00. The molecule has 0 saturated carbocycles. The smallest absolute Gasteiger partial charge is 0.0179 e. The summed E-state index contributed by atoms with van der Waals surface area (Å²) in [6.07, 6.45) is 9.55. The Labute approximate surface area is 72.0 Å². The molecule has 1 fully saturated rings. The van der Waals surface area contributed by atoms with E-state index < -0.39 is 9.16 Å². The van der Waals surface area contributed by atoms with E-state index in [1.54, 1.807) is 5.75 Å². The first kappa shape index (κ1) is 9.44. The van der Waals surface area contributed by atoms with Crippen molar-refractivity contribution < 1.29 is 0 Å². The average Bonchev–Trinajstić information content (AvgIpc) is 2.53. The van der Waals surface area contributed by atoms with Crippen molar-refractivity contribution in [1.29, 1.82) is 0 Å². The van der Waals surface area contributed by atoms with Crippen LogP contribution in [0.3, 0.4) is 0 Å². The first-order valence-corrected chi connectivity index (χ1v) is 8.59. The van der Waals surface area contributed by atoms with Crippen molar-refractivity contribution in [3.05, 3.63) is 0 Å². The molecule has 0 N–H and O–H groups in total. The van der Waals surface area contributed by atoms with Gasteiger partial charge < -0.3 is 0 Å². The summed E-state index contributed by atoms with van der Waals surface area (Å²) in [6.45, 7) is 4.69. The highest BCUT2D eigenvalue weighted by atomic mass is 32.3. The first-order chi connectivity index (χ1) is 5.02. The molecule has 1 saturated heterocycles. The van der Waals surface area contributed by atoms with Gasteiger partial charge in [-0.15, -0.1) is 0 Å². The summed E-state index contributed by atoms with van der Waals surface area (Å²) in [6, 6.07) is 0. The van der Waals surface area contributed by atoms with Crippen molar-refractivity contribution in [1.82, 2.24) is 0 Å². The van der Waals surface area contributed by atoms with Crippen LogP contribution in [0.2, 0.25) is 0 Å². The molecule has 0 aromatic heterocycles. The summed E-state index contributed by atoms with van der Waals surface area (Å²) < 4.78 is 0. The molecule has 0 bridgehead atoms. The quantitative estimate of drug-likeness (QED) is 0.494. The minimum absolute atomic E-state index is 1.00. The Kier molecular flexibility index (Phi) is 2.31. The molecule has 11 heavy (non-hydrogen) atoms. The van der Waals surface area contributed by atoms with Crippen molar-refractivity contribution in [2.45, 2.75) is 38.4 Å². The van der Waals surface area contributed by atoms with E-state index in [-0.39, 0.29) is 0 Å². The molecule has 0 radical (unpaired) electrons. The van der Waals surface area contributed by atoms with Crippen LogP contribution in [0, 0.1) is 0 Å². The summed E-state index contributed by atoms with van der Waals surface area (Å²) in [5.74, 6) is 3.09. The van der Waals surface area contributed by atoms with Crippen molar-refractivity contribution >= 4 is 9.16 Å². The summed E-state index contributed by atoms with van der Waals surface area (Å²) in [5.41, 5.74) is 0. The van der Waals surface area contributed by atoms with Gasteiger partial charge in [-0.05, 0) is 35.7 Å². The minimum Gasteiger partial charge on any atom is -0.284 e. The Balaban J connectivity index is 2.34. The molecule has 1 heteroatoms. The first-order valence-electron chi connectivity index (χ1n) is 5.02. The largest absolute Gasteiger partial charge is 0.284 e. The SMILES string of the molecule is CCCCC1C[SH]1(C)(C)CC. The van der Waals surface area contributed by atoms with Gasteiger partial charge in [0.25, 0.3) is 0 Å². The topological polar surface area (TPSA) is 0 Å². The van der Waals surface area contributed by atoms with Gasteiger partial charge in [0.2, 0.25) is 0 Å². The second-order valence-electron chi connectivity index (χ2n) is 5.11. The predicted octanol–water partition coefficient (Wildman–Crippen LogP) is 2.91. The van der Waals surface area contributed by atoms with Crippen molar-refractivity contribution in [2.75, 3.05) is 24.0 Å². The van der Waals surface area contributed by atoms with E-state index >= 15 is 0 Å². The number of hydrogen-bond donors (Lipinski definition) is 1. The van der Waals surface area contributed by atoms with Crippen LogP contribution >= 0.6 is 9.16 Å². The number of rotatable bonds is 4. The van der Waals surface area contributed by atoms with E-state index in [9.17, 15) is 0 Å². The highest BCUT2D eigenvalue weighted by molar-refractivity contribution is 8.54. The third kappa shape index (κ3) is 1.74. The van der Waals surface area contributed by atoms with Gasteiger partial charge in [-0.3, -0.25) is 9.16 Å². The highest BCUT2D eigenvalue weighted by Crippen LogP contribution is 2.82. The van der Waals surface area contributed by atoms with Gasteiger partial charge in [0.1, 0.15) is 0 Å². The molecule has 70 valence electrons. The van der Waals surface area contributed by atoms with Crippen LogP contribution in [-0.2, 0) is 0 Å². The summed E-state index contributed by atoms with van der Waals surface area (Å²) in [5, 5.41) is 1.16. The molecule has 1 atom stereocenters. The van der Waals surface area contributed by atoms with Crippen molar-refractivity contribution in [2.24, 2.45) is 0 Å². The van der Waals surface area contributed by atoms with Gasteiger partial charge in [0.15, 0.2) is 0 Å². The van der Waals surface area contributed by atoms with Crippen LogP contribution < -0.4 is 0 Å². The van der Waals surface area contributed by atoms with Gasteiger partial charge >= 0.3 is 0 Å². The molecule has 0 spiro atoms. The zero-order valence-corrected chi connectivity index (χ0v) is 9.45. The van der Waals surface area contributed by atoms with E-state index in [2.05, 4.69) is 26.4 Å². The molecule has 0 amide bonds. The number of unbranched alkanes of at least 4 members (excludes halogenated alkanes) is 1. The van der Waals surface area contributed by atoms with Gasteiger partial charge in [-0.25, -0.2) is 0 Å². The minimum atomic E-state index is -1.00. The van der Waals surface area contributed by atoms with Crippen LogP contribution in [0.5, 0.6) is 0 Å². The van der Waals surface area contributed by atoms with Crippen LogP contribution in [0.25, 0.3) is 0 Å². The van der Waals surface area contributed by atoms with Crippen molar-refractivity contribution in [3.63, 3.8) is 0 Å². The lowest BCUT2D eigenvalue weighted by Gasteiger charge is -2.35. The molecule has 1 rings (SSSR count). The summed E-state index contributed by atoms with van der Waals surface area (Å²) in [7, 11) is -1.00. The molecule has 0 aromatic carbocycles. The predicted molar refractivity (Wildman–Crippen MR) is 59.6 cm³/mol. The Morgan fingerprint density at radius 1 is 1.27 bits per heavy atom. The Bertz CT molecular complexity index is 149. The van der Waals surface area contributed by atoms with Crippen LogP contribution in [0.1, 0.15) is 33.1 Å². The Hall–Kier alpha value is 0.350. The molecular weight excluding hydrogens is 152 g/mol. The fraction of sp³-hybridized carbons (Fsp3) is 1.00. The van der Waals surface area contributed by atoms with E-state index in [0.717, 1.165) is 5.25 Å². The lowest BCUT2D eigenvalue weighted by Crippen LogP contribution is -2.04. The Morgan fingerprint density at radius 3 is 2.27 bits per heavy atom. The van der Waals surface area contributed by atoms with Crippen LogP contribution in [0.4, 0.5) is 0 Å². The zero-order chi connectivity index (χ0) is 8.56. The molecule has 1 heterocycles. The van der Waals surface area contributed by atoms with E-state index in [1.807, 2.05) is 0 Å². The van der Waals surface area contributed by atoms with Gasteiger partial charge in [0, 0.05) is 0 Å². The Morgan fingerprint density at radius 2 is 1.91 bits per heavy atom. The summed E-state index contributed by atoms with van der Waals surface area (Å²) >= 11 is 0. The molecular formula is C10H24S. The third-order valence-corrected chi connectivity index (χ3v) is 10.0. The molecule has 1 aliphatic rings. The monoisotopic (exact) mass is 176 g/mol. The lowest BCUT2D eigenvalue weighted by molar-refractivity contribution is 0.738. The van der Waals surface area contributed by atoms with Gasteiger partial charge in [-0.1, -0.05) is 26.7 Å². The fourth-order valence-corrected chi connectivity index (χ4v) is 6.64. The van der Waals surface area contributed by atoms with Crippen LogP contribution in [0.15, 0.2) is 0 Å². The normalized spacial score (nSPS) is 35.6. The van der Waals surface area contributed by atoms with Crippen molar-refractivity contribution in [3.8, 4) is 0 Å². The second kappa shape index (κ2) is 2.69. The molecule has 1 unspecified atom stereocenters. The van der Waals surface area contributed by atoms with E-state index in [0.29, 0.717) is 0 Å². The average molecular weight is 176 g/mol. The maximum Gasteiger partial charge on any atom is -0.0179 e.